The van der Waals surface area contributed by atoms with Gasteiger partial charge >= 0.3 is 0 Å². The van der Waals surface area contributed by atoms with Crippen LogP contribution in [0.1, 0.15) is 19.4 Å². The number of amides is 1. The molecule has 0 N–H and O–H groups in total. The molecule has 130 valence electrons. The normalized spacial score (nSPS) is 16.1. The lowest BCUT2D eigenvalue weighted by Crippen LogP contribution is -2.31. The van der Waals surface area contributed by atoms with Crippen LogP contribution < -0.4 is 9.47 Å². The van der Waals surface area contributed by atoms with Crippen LogP contribution in [0.2, 0.25) is 0 Å². The molecule has 24 heavy (non-hydrogen) atoms. The molecule has 5 nitrogen and oxygen atoms in total. The second-order valence-corrected chi connectivity index (χ2v) is 6.57. The Kier molecular flexibility index (Phi) is 7.08. The van der Waals surface area contributed by atoms with Crippen molar-refractivity contribution < 1.29 is 19.0 Å². The number of benzene rings is 1. The molecule has 0 aromatic heterocycles. The van der Waals surface area contributed by atoms with Gasteiger partial charge in [-0.25, -0.2) is 0 Å². The van der Waals surface area contributed by atoms with Crippen LogP contribution in [-0.2, 0) is 9.53 Å². The van der Waals surface area contributed by atoms with E-state index in [1.54, 1.807) is 12.0 Å². The molecule has 2 rings (SSSR count). The van der Waals surface area contributed by atoms with E-state index in [0.717, 1.165) is 11.3 Å². The van der Waals surface area contributed by atoms with Gasteiger partial charge in [-0.1, -0.05) is 24.0 Å². The molecule has 0 saturated carbocycles. The van der Waals surface area contributed by atoms with Gasteiger partial charge in [0.25, 0.3) is 5.91 Å². The smallest absolute Gasteiger partial charge is 0.266 e. The van der Waals surface area contributed by atoms with Gasteiger partial charge in [0.15, 0.2) is 0 Å². The summed E-state index contributed by atoms with van der Waals surface area (Å²) in [5, 5.41) is 0. The number of rotatable bonds is 8. The summed E-state index contributed by atoms with van der Waals surface area (Å²) < 4.78 is 16.8. The van der Waals surface area contributed by atoms with Gasteiger partial charge in [0.05, 0.1) is 31.3 Å². The highest BCUT2D eigenvalue weighted by Crippen LogP contribution is 2.35. The van der Waals surface area contributed by atoms with Gasteiger partial charge in [0.1, 0.15) is 15.8 Å². The van der Waals surface area contributed by atoms with Crippen LogP contribution in [0.15, 0.2) is 23.1 Å². The fraction of sp³-hybridized carbons (Fsp3) is 0.412. The molecule has 0 radical (unpaired) electrons. The fourth-order valence-electron chi connectivity index (χ4n) is 2.19. The number of hydrogen-bond donors (Lipinski definition) is 0. The summed E-state index contributed by atoms with van der Waals surface area (Å²) in [6.07, 6.45) is 1.81. The van der Waals surface area contributed by atoms with Crippen molar-refractivity contribution in [3.8, 4) is 11.5 Å². The Hall–Kier alpha value is -1.57. The van der Waals surface area contributed by atoms with Gasteiger partial charge in [0, 0.05) is 18.7 Å². The van der Waals surface area contributed by atoms with E-state index in [-0.39, 0.29) is 5.91 Å². The maximum atomic E-state index is 12.5. The number of thioether (sulfide) groups is 1. The van der Waals surface area contributed by atoms with Crippen LogP contribution in [0.25, 0.3) is 6.08 Å². The van der Waals surface area contributed by atoms with Crippen molar-refractivity contribution in [2.75, 3.05) is 33.5 Å². The number of carbonyl (C=O) groups excluding carboxylic acids is 1. The number of ether oxygens (including phenoxy) is 3. The van der Waals surface area contributed by atoms with E-state index in [2.05, 4.69) is 0 Å². The van der Waals surface area contributed by atoms with Crippen molar-refractivity contribution in [3.63, 3.8) is 0 Å². The molecule has 7 heteroatoms. The number of hydrogen-bond acceptors (Lipinski definition) is 6. The van der Waals surface area contributed by atoms with Crippen LogP contribution in [0.4, 0.5) is 0 Å². The molecule has 0 spiro atoms. The molecule has 1 fully saturated rings. The minimum absolute atomic E-state index is 0.0987. The molecule has 1 aromatic carbocycles. The van der Waals surface area contributed by atoms with Gasteiger partial charge in [-0.2, -0.15) is 0 Å². The zero-order chi connectivity index (χ0) is 17.5. The second kappa shape index (κ2) is 9.05. The first-order chi connectivity index (χ1) is 11.6. The maximum Gasteiger partial charge on any atom is 0.266 e. The van der Waals surface area contributed by atoms with Gasteiger partial charge in [-0.05, 0) is 32.1 Å². The highest BCUT2D eigenvalue weighted by Gasteiger charge is 2.31. The van der Waals surface area contributed by atoms with E-state index in [1.807, 2.05) is 38.1 Å². The van der Waals surface area contributed by atoms with Crippen LogP contribution >= 0.6 is 24.0 Å². The number of thiocarbonyl (C=S) groups is 1. The molecule has 0 aliphatic carbocycles. The lowest BCUT2D eigenvalue weighted by Gasteiger charge is -2.13. The molecule has 1 aromatic rings. The summed E-state index contributed by atoms with van der Waals surface area (Å²) >= 11 is 6.58. The van der Waals surface area contributed by atoms with E-state index in [9.17, 15) is 4.79 Å². The summed E-state index contributed by atoms with van der Waals surface area (Å²) in [6, 6.07) is 5.59. The third kappa shape index (κ3) is 4.49. The quantitative estimate of drug-likeness (QED) is 0.519. The van der Waals surface area contributed by atoms with Crippen molar-refractivity contribution in [2.45, 2.75) is 13.8 Å². The molecule has 1 saturated heterocycles. The summed E-state index contributed by atoms with van der Waals surface area (Å²) in [5.41, 5.74) is 0.826. The van der Waals surface area contributed by atoms with Crippen molar-refractivity contribution >= 4 is 40.3 Å². The zero-order valence-corrected chi connectivity index (χ0v) is 15.7. The first kappa shape index (κ1) is 18.8. The average molecular weight is 367 g/mol. The SMILES string of the molecule is CCOc1ccc(/C=C2/SC(=S)N(CCOC)C2=O)c(OCC)c1. The number of carbonyl (C=O) groups is 1. The molecule has 1 aliphatic rings. The maximum absolute atomic E-state index is 12.5. The standard InChI is InChI=1S/C17H21NO4S2/c1-4-21-13-7-6-12(14(11-13)22-5-2)10-15-16(19)18(8-9-20-3)17(23)24-15/h6-7,10-11H,4-5,8-9H2,1-3H3/b15-10+. The predicted octanol–water partition coefficient (Wildman–Crippen LogP) is 3.33. The third-order valence-corrected chi connectivity index (χ3v) is 4.65. The lowest BCUT2D eigenvalue weighted by atomic mass is 10.1. The van der Waals surface area contributed by atoms with Crippen LogP contribution in [-0.4, -0.2) is 48.6 Å². The Morgan fingerprint density at radius 1 is 1.25 bits per heavy atom. The van der Waals surface area contributed by atoms with Gasteiger partial charge < -0.3 is 14.2 Å². The third-order valence-electron chi connectivity index (χ3n) is 3.28. The zero-order valence-electron chi connectivity index (χ0n) is 14.0. The molecule has 1 heterocycles. The number of methoxy groups -OCH3 is 1. The topological polar surface area (TPSA) is 48.0 Å². The van der Waals surface area contributed by atoms with E-state index >= 15 is 0 Å². The second-order valence-electron chi connectivity index (χ2n) is 4.89. The van der Waals surface area contributed by atoms with E-state index in [4.69, 9.17) is 26.4 Å². The van der Waals surface area contributed by atoms with E-state index < -0.39 is 0 Å². The van der Waals surface area contributed by atoms with E-state index in [1.165, 1.54) is 11.8 Å². The summed E-state index contributed by atoms with van der Waals surface area (Å²) in [5.74, 6) is 1.33. The lowest BCUT2D eigenvalue weighted by molar-refractivity contribution is -0.122. The molecule has 0 atom stereocenters. The van der Waals surface area contributed by atoms with Gasteiger partial charge in [-0.15, -0.1) is 0 Å². The summed E-state index contributed by atoms with van der Waals surface area (Å²) in [6.45, 7) is 5.88. The minimum Gasteiger partial charge on any atom is -0.494 e. The molecule has 0 bridgehead atoms. The van der Waals surface area contributed by atoms with Crippen molar-refractivity contribution in [1.82, 2.24) is 4.90 Å². The van der Waals surface area contributed by atoms with Crippen LogP contribution in [0.3, 0.4) is 0 Å². The van der Waals surface area contributed by atoms with Crippen molar-refractivity contribution in [2.24, 2.45) is 0 Å². The first-order valence-corrected chi connectivity index (χ1v) is 8.97. The summed E-state index contributed by atoms with van der Waals surface area (Å²) in [4.78, 5) is 14.6. The van der Waals surface area contributed by atoms with Crippen LogP contribution in [0, 0.1) is 0 Å². The fourth-order valence-corrected chi connectivity index (χ4v) is 3.49. The van der Waals surface area contributed by atoms with E-state index in [0.29, 0.717) is 41.3 Å². The number of nitrogens with zero attached hydrogens (tertiary/aromatic N) is 1. The monoisotopic (exact) mass is 367 g/mol. The van der Waals surface area contributed by atoms with Gasteiger partial charge in [-0.3, -0.25) is 9.69 Å². The first-order valence-electron chi connectivity index (χ1n) is 7.74. The van der Waals surface area contributed by atoms with Crippen molar-refractivity contribution in [1.29, 1.82) is 0 Å². The molecule has 0 unspecified atom stereocenters. The largest absolute Gasteiger partial charge is 0.494 e. The Morgan fingerprint density at radius 3 is 2.67 bits per heavy atom. The molecule has 1 aliphatic heterocycles. The van der Waals surface area contributed by atoms with Crippen molar-refractivity contribution in [3.05, 3.63) is 28.7 Å². The Balaban J connectivity index is 2.26. The molecule has 1 amide bonds. The average Bonchev–Trinajstić information content (AvgIpc) is 2.82. The van der Waals surface area contributed by atoms with Crippen LogP contribution in [0.5, 0.6) is 11.5 Å². The Bertz CT molecular complexity index is 645. The minimum atomic E-state index is -0.0987. The molecular formula is C17H21NO4S2. The highest BCUT2D eigenvalue weighted by molar-refractivity contribution is 8.26. The highest BCUT2D eigenvalue weighted by atomic mass is 32.2. The van der Waals surface area contributed by atoms with Gasteiger partial charge in [0.2, 0.25) is 0 Å². The Morgan fingerprint density at radius 2 is 2.00 bits per heavy atom. The molecular weight excluding hydrogens is 346 g/mol. The summed E-state index contributed by atoms with van der Waals surface area (Å²) in [7, 11) is 1.60. The Labute approximate surface area is 151 Å². The predicted molar refractivity (Wildman–Crippen MR) is 101 cm³/mol.